The van der Waals surface area contributed by atoms with E-state index in [0.29, 0.717) is 17.6 Å². The van der Waals surface area contributed by atoms with Crippen molar-refractivity contribution in [1.82, 2.24) is 19.4 Å². The molecule has 1 amide bonds. The predicted molar refractivity (Wildman–Crippen MR) is 107 cm³/mol. The summed E-state index contributed by atoms with van der Waals surface area (Å²) >= 11 is 0. The molecule has 3 rings (SSSR count). The van der Waals surface area contributed by atoms with Crippen LogP contribution >= 0.6 is 0 Å². The fourth-order valence-corrected chi connectivity index (χ4v) is 3.19. The number of alkyl halides is 3. The molecule has 0 atom stereocenters. The van der Waals surface area contributed by atoms with Crippen molar-refractivity contribution in [3.63, 3.8) is 0 Å². The Labute approximate surface area is 176 Å². The van der Waals surface area contributed by atoms with Crippen molar-refractivity contribution in [2.45, 2.75) is 20.0 Å². The van der Waals surface area contributed by atoms with E-state index in [1.54, 1.807) is 24.6 Å². The average molecular weight is 431 g/mol. The Morgan fingerprint density at radius 1 is 1.32 bits per heavy atom. The highest BCUT2D eigenvalue weighted by atomic mass is 19.4. The number of likely N-dealkylation sites (N-methyl/N-ethyl adjacent to an activating group) is 1. The first-order valence-corrected chi connectivity index (χ1v) is 9.47. The summed E-state index contributed by atoms with van der Waals surface area (Å²) in [5.41, 5.74) is 0.457. The van der Waals surface area contributed by atoms with Crippen LogP contribution < -0.4 is 4.74 Å². The van der Waals surface area contributed by atoms with Gasteiger partial charge in [0.25, 0.3) is 0 Å². The summed E-state index contributed by atoms with van der Waals surface area (Å²) < 4.78 is 48.1. The van der Waals surface area contributed by atoms with Gasteiger partial charge < -0.3 is 14.2 Å². The Morgan fingerprint density at radius 3 is 2.68 bits per heavy atom. The summed E-state index contributed by atoms with van der Waals surface area (Å²) in [4.78, 5) is 21.2. The first kappa shape index (κ1) is 22.1. The van der Waals surface area contributed by atoms with E-state index in [1.165, 1.54) is 30.3 Å². The summed E-state index contributed by atoms with van der Waals surface area (Å²) in [5.74, 6) is -0.514. The van der Waals surface area contributed by atoms with Crippen LogP contribution in [-0.4, -0.2) is 45.0 Å². The van der Waals surface area contributed by atoms with Crippen molar-refractivity contribution in [2.75, 3.05) is 19.7 Å². The molecule has 10 heteroatoms. The summed E-state index contributed by atoms with van der Waals surface area (Å²) in [6, 6.07) is 7.16. The molecule has 0 saturated carbocycles. The molecule has 0 aliphatic heterocycles. The molecule has 2 aromatic heterocycles. The highest BCUT2D eigenvalue weighted by Gasteiger charge is 2.35. The van der Waals surface area contributed by atoms with Gasteiger partial charge in [0.15, 0.2) is 5.69 Å². The van der Waals surface area contributed by atoms with Crippen LogP contribution in [0.15, 0.2) is 30.6 Å². The monoisotopic (exact) mass is 431 g/mol. The van der Waals surface area contributed by atoms with Crippen molar-refractivity contribution < 1.29 is 22.7 Å². The summed E-state index contributed by atoms with van der Waals surface area (Å²) in [6.45, 7) is 3.70. The topological polar surface area (TPSA) is 84.0 Å². The fraction of sp³-hybridized carbons (Fsp3) is 0.333. The van der Waals surface area contributed by atoms with Crippen molar-refractivity contribution in [1.29, 1.82) is 5.26 Å². The van der Waals surface area contributed by atoms with Crippen molar-refractivity contribution in [3.05, 3.63) is 41.9 Å². The van der Waals surface area contributed by atoms with Gasteiger partial charge in [-0.3, -0.25) is 4.79 Å². The summed E-state index contributed by atoms with van der Waals surface area (Å²) in [6.07, 6.45) is -3.15. The molecule has 0 spiro atoms. The minimum atomic E-state index is -4.66. The summed E-state index contributed by atoms with van der Waals surface area (Å²) in [7, 11) is 1.72. The average Bonchev–Trinajstić information content (AvgIpc) is 3.10. The maximum atomic E-state index is 13.7. The molecular formula is C21H20F3N5O2. The number of amides is 1. The third-order valence-electron chi connectivity index (χ3n) is 4.85. The largest absolute Gasteiger partial charge is 0.491 e. The number of pyridine rings is 1. The first-order chi connectivity index (χ1) is 14.7. The number of halogens is 3. The Balaban J connectivity index is 1.97. The maximum absolute atomic E-state index is 13.7. The van der Waals surface area contributed by atoms with Gasteiger partial charge in [-0.2, -0.15) is 18.4 Å². The number of carbonyl (C=O) groups excluding carboxylic acids is 1. The Kier molecular flexibility index (Phi) is 6.15. The van der Waals surface area contributed by atoms with Gasteiger partial charge >= 0.3 is 6.18 Å². The number of ether oxygens (including phenoxy) is 1. The molecule has 1 aromatic carbocycles. The third kappa shape index (κ3) is 4.60. The van der Waals surface area contributed by atoms with E-state index >= 15 is 0 Å². The van der Waals surface area contributed by atoms with Crippen LogP contribution in [0.1, 0.15) is 25.1 Å². The lowest BCUT2D eigenvalue weighted by atomic mass is 10.1. The molecule has 31 heavy (non-hydrogen) atoms. The van der Waals surface area contributed by atoms with Gasteiger partial charge in [0.05, 0.1) is 29.6 Å². The van der Waals surface area contributed by atoms with Crippen LogP contribution in [-0.2, 0) is 18.0 Å². The second kappa shape index (κ2) is 8.63. The van der Waals surface area contributed by atoms with Crippen molar-refractivity contribution in [2.24, 2.45) is 7.05 Å². The molecule has 7 nitrogen and oxygen atoms in total. The molecule has 0 fully saturated rings. The SMILES string of the molecule is CCN(CCOc1ccc(-c2cc3c(ncn3C)c(C#N)n2)cc1C(F)(F)F)C(C)=O. The zero-order valence-electron chi connectivity index (χ0n) is 17.2. The van der Waals surface area contributed by atoms with E-state index in [0.717, 1.165) is 6.07 Å². The van der Waals surface area contributed by atoms with Crippen LogP contribution in [0.4, 0.5) is 13.2 Å². The first-order valence-electron chi connectivity index (χ1n) is 9.47. The Morgan fingerprint density at radius 2 is 2.06 bits per heavy atom. The predicted octanol–water partition coefficient (Wildman–Crippen LogP) is 3.77. The number of fused-ring (bicyclic) bond motifs is 1. The zero-order valence-corrected chi connectivity index (χ0v) is 17.2. The van der Waals surface area contributed by atoms with E-state index in [9.17, 15) is 23.2 Å². The number of hydrogen-bond acceptors (Lipinski definition) is 5. The molecule has 162 valence electrons. The van der Waals surface area contributed by atoms with Gasteiger partial charge in [0, 0.05) is 26.1 Å². The van der Waals surface area contributed by atoms with Crippen molar-refractivity contribution in [3.8, 4) is 23.1 Å². The number of rotatable bonds is 6. The van der Waals surface area contributed by atoms with Crippen LogP contribution in [0.2, 0.25) is 0 Å². The number of hydrogen-bond donors (Lipinski definition) is 0. The lowest BCUT2D eigenvalue weighted by molar-refractivity contribution is -0.139. The second-order valence-electron chi connectivity index (χ2n) is 6.85. The van der Waals surface area contributed by atoms with E-state index in [4.69, 9.17) is 4.74 Å². The van der Waals surface area contributed by atoms with Gasteiger partial charge in [-0.1, -0.05) is 0 Å². The smallest absolute Gasteiger partial charge is 0.419 e. The normalized spacial score (nSPS) is 11.4. The van der Waals surface area contributed by atoms with Gasteiger partial charge in [-0.15, -0.1) is 0 Å². The number of aryl methyl sites for hydroxylation is 1. The zero-order chi connectivity index (χ0) is 22.8. The molecule has 0 unspecified atom stereocenters. The van der Waals surface area contributed by atoms with Crippen molar-refractivity contribution >= 4 is 16.9 Å². The third-order valence-corrected chi connectivity index (χ3v) is 4.85. The van der Waals surface area contributed by atoms with Crippen LogP contribution in [0.5, 0.6) is 5.75 Å². The highest BCUT2D eigenvalue weighted by Crippen LogP contribution is 2.39. The van der Waals surface area contributed by atoms with Gasteiger partial charge in [-0.25, -0.2) is 9.97 Å². The minimum absolute atomic E-state index is 0.0332. The fourth-order valence-electron chi connectivity index (χ4n) is 3.19. The van der Waals surface area contributed by atoms with Gasteiger partial charge in [0.2, 0.25) is 5.91 Å². The Hall–Kier alpha value is -3.61. The lowest BCUT2D eigenvalue weighted by Gasteiger charge is -2.20. The quantitative estimate of drug-likeness (QED) is 0.593. The molecule has 3 aromatic rings. The number of benzene rings is 1. The maximum Gasteiger partial charge on any atom is 0.419 e. The molecule has 0 aliphatic carbocycles. The number of nitrogens with zero attached hydrogens (tertiary/aromatic N) is 5. The van der Waals surface area contributed by atoms with Crippen LogP contribution in [0, 0.1) is 11.3 Å². The van der Waals surface area contributed by atoms with E-state index in [2.05, 4.69) is 9.97 Å². The van der Waals surface area contributed by atoms with E-state index < -0.39 is 11.7 Å². The summed E-state index contributed by atoms with van der Waals surface area (Å²) in [5, 5.41) is 9.36. The van der Waals surface area contributed by atoms with Crippen LogP contribution in [0.25, 0.3) is 22.3 Å². The van der Waals surface area contributed by atoms with E-state index in [1.807, 2.05) is 6.07 Å². The van der Waals surface area contributed by atoms with E-state index in [-0.39, 0.29) is 41.8 Å². The molecule has 0 bridgehead atoms. The van der Waals surface area contributed by atoms with Crippen LogP contribution in [0.3, 0.4) is 0 Å². The van der Waals surface area contributed by atoms with Gasteiger partial charge in [-0.05, 0) is 31.2 Å². The van der Waals surface area contributed by atoms with Gasteiger partial charge in [0.1, 0.15) is 23.9 Å². The molecule has 0 N–H and O–H groups in total. The second-order valence-corrected chi connectivity index (χ2v) is 6.85. The number of imidazole rings is 1. The molecule has 2 heterocycles. The lowest BCUT2D eigenvalue weighted by Crippen LogP contribution is -2.32. The number of aromatic nitrogens is 3. The molecule has 0 aliphatic rings. The standard InChI is InChI=1S/C21H20F3N5O2/c1-4-29(13(2)30)7-8-31-19-6-5-14(9-15(19)21(22,23)24)16-10-18-20(17(11-25)27-16)26-12-28(18)3/h5-6,9-10,12H,4,7-8H2,1-3H3. The highest BCUT2D eigenvalue weighted by molar-refractivity contribution is 5.84. The molecule has 0 saturated heterocycles. The number of carbonyl (C=O) groups is 1. The molecule has 0 radical (unpaired) electrons. The Bertz CT molecular complexity index is 1160. The number of nitriles is 1. The minimum Gasteiger partial charge on any atom is -0.491 e. The molecular weight excluding hydrogens is 411 g/mol.